The van der Waals surface area contributed by atoms with E-state index >= 15 is 13.2 Å². The predicted molar refractivity (Wildman–Crippen MR) is 118 cm³/mol. The van der Waals surface area contributed by atoms with Gasteiger partial charge in [-0.05, 0) is 51.7 Å². The van der Waals surface area contributed by atoms with Crippen LogP contribution in [0.4, 0.5) is 13.2 Å². The fourth-order valence-corrected chi connectivity index (χ4v) is 8.11. The molecule has 0 radical (unpaired) electrons. The summed E-state index contributed by atoms with van der Waals surface area (Å²) in [7, 11) is 0. The topological polar surface area (TPSA) is 99.1 Å². The summed E-state index contributed by atoms with van der Waals surface area (Å²) in [6.45, 7) is 6.68. The van der Waals surface area contributed by atoms with Crippen molar-refractivity contribution in [2.24, 2.45) is 22.7 Å². The predicted octanol–water partition coefficient (Wildman–Crippen LogP) is 3.23. The molecule has 36 heavy (non-hydrogen) atoms. The van der Waals surface area contributed by atoms with Gasteiger partial charge in [-0.25, -0.2) is 13.2 Å². The van der Waals surface area contributed by atoms with Gasteiger partial charge in [0.25, 0.3) is 5.92 Å². The van der Waals surface area contributed by atoms with Crippen LogP contribution in [-0.4, -0.2) is 64.4 Å². The molecule has 0 aromatic heterocycles. The molecule has 0 spiro atoms. The molecule has 1 saturated heterocycles. The molecule has 7 nitrogen and oxygen atoms in total. The second-order valence-electron chi connectivity index (χ2n) is 11.8. The number of aliphatic hydroxyl groups excluding tert-OH is 1. The van der Waals surface area contributed by atoms with Gasteiger partial charge in [-0.1, -0.05) is 13.0 Å². The van der Waals surface area contributed by atoms with Crippen molar-refractivity contribution in [1.82, 2.24) is 0 Å². The van der Waals surface area contributed by atoms with Crippen LogP contribution in [0.25, 0.3) is 0 Å². The number of halogens is 3. The van der Waals surface area contributed by atoms with Crippen molar-refractivity contribution in [2.45, 2.75) is 89.1 Å². The SMILES string of the molecule is CC(=O)OCC(=O)[C@@]12OC(C)(C)O[C@@H]1C[C@H]1[C@@H]3CC(F)(F)C4=CC(=O)C=C[C@]4(C)[C@@]3(F)[C@@H](O)C[C@@]12C. The molecule has 0 aromatic carbocycles. The van der Waals surface area contributed by atoms with Crippen molar-refractivity contribution in [3.8, 4) is 0 Å². The molecule has 4 fully saturated rings. The first kappa shape index (κ1) is 25.6. The summed E-state index contributed by atoms with van der Waals surface area (Å²) in [5, 5.41) is 11.4. The van der Waals surface area contributed by atoms with Gasteiger partial charge in [0.15, 0.2) is 29.4 Å². The fourth-order valence-electron chi connectivity index (χ4n) is 8.11. The Balaban J connectivity index is 1.65. The lowest BCUT2D eigenvalue weighted by Gasteiger charge is -2.63. The Labute approximate surface area is 207 Å². The molecule has 5 rings (SSSR count). The average molecular weight is 513 g/mol. The Bertz CT molecular complexity index is 1110. The lowest BCUT2D eigenvalue weighted by molar-refractivity contribution is -0.259. The highest BCUT2D eigenvalue weighted by molar-refractivity contribution is 6.01. The number of rotatable bonds is 3. The molecule has 1 heterocycles. The first-order valence-corrected chi connectivity index (χ1v) is 12.2. The van der Waals surface area contributed by atoms with E-state index in [1.807, 2.05) is 0 Å². The third kappa shape index (κ3) is 2.95. The maximum absolute atomic E-state index is 17.3. The summed E-state index contributed by atoms with van der Waals surface area (Å²) in [5.74, 6) is -8.89. The minimum absolute atomic E-state index is 0.0443. The number of ether oxygens (including phenoxy) is 3. The highest BCUT2D eigenvalue weighted by atomic mass is 19.3. The third-order valence-electron chi connectivity index (χ3n) is 9.46. The summed E-state index contributed by atoms with van der Waals surface area (Å²) in [6, 6.07) is 0. The summed E-state index contributed by atoms with van der Waals surface area (Å²) in [5.41, 5.74) is -8.14. The van der Waals surface area contributed by atoms with Crippen LogP contribution in [0, 0.1) is 22.7 Å². The maximum atomic E-state index is 17.3. The number of hydrogen-bond donors (Lipinski definition) is 1. The van der Waals surface area contributed by atoms with E-state index in [2.05, 4.69) is 0 Å². The van der Waals surface area contributed by atoms with E-state index < -0.39 is 94.0 Å². The van der Waals surface area contributed by atoms with E-state index in [9.17, 15) is 19.5 Å². The van der Waals surface area contributed by atoms with Gasteiger partial charge in [-0.3, -0.25) is 14.4 Å². The highest BCUT2D eigenvalue weighted by Gasteiger charge is 2.82. The first-order chi connectivity index (χ1) is 16.4. The number of alkyl halides is 3. The fraction of sp³-hybridized carbons (Fsp3) is 0.731. The molecular weight excluding hydrogens is 481 g/mol. The number of fused-ring (bicyclic) bond motifs is 7. The second kappa shape index (κ2) is 7.29. The van der Waals surface area contributed by atoms with Crippen LogP contribution in [0.1, 0.15) is 53.9 Å². The zero-order chi connectivity index (χ0) is 26.7. The standard InChI is InChI=1S/C26H31F3O7/c1-13(30)34-12-19(33)26-20(35-21(2,3)36-26)9-15-16-10-24(27,28)17-8-14(31)6-7-22(17,4)25(16,29)18(32)11-23(15,26)5/h6-8,15-16,18,20,32H,9-12H2,1-5H3/t15-,16-,18-,20+,22-,23-,25-,26+/m0/s1. The molecule has 8 atom stereocenters. The second-order valence-corrected chi connectivity index (χ2v) is 11.8. The van der Waals surface area contributed by atoms with Gasteiger partial charge in [0.2, 0.25) is 5.78 Å². The van der Waals surface area contributed by atoms with Gasteiger partial charge in [-0.15, -0.1) is 0 Å². The van der Waals surface area contributed by atoms with Crippen molar-refractivity contribution >= 4 is 17.5 Å². The summed E-state index contributed by atoms with van der Waals surface area (Å²) in [6.07, 6.45) is -0.854. The molecule has 0 bridgehead atoms. The van der Waals surface area contributed by atoms with E-state index in [1.54, 1.807) is 20.8 Å². The maximum Gasteiger partial charge on any atom is 0.303 e. The lowest BCUT2D eigenvalue weighted by atomic mass is 9.44. The van der Waals surface area contributed by atoms with Gasteiger partial charge < -0.3 is 19.3 Å². The lowest BCUT2D eigenvalue weighted by Crippen LogP contribution is -2.72. The molecule has 10 heteroatoms. The van der Waals surface area contributed by atoms with Crippen LogP contribution in [0.2, 0.25) is 0 Å². The Morgan fingerprint density at radius 1 is 1.14 bits per heavy atom. The quantitative estimate of drug-likeness (QED) is 0.580. The zero-order valence-corrected chi connectivity index (χ0v) is 20.9. The van der Waals surface area contributed by atoms with Crippen molar-refractivity contribution in [1.29, 1.82) is 0 Å². The van der Waals surface area contributed by atoms with Gasteiger partial charge in [-0.2, -0.15) is 0 Å². The molecule has 198 valence electrons. The van der Waals surface area contributed by atoms with E-state index in [1.165, 1.54) is 6.92 Å². The van der Waals surface area contributed by atoms with Crippen LogP contribution in [0.3, 0.4) is 0 Å². The molecule has 3 saturated carbocycles. The number of carbonyl (C=O) groups excluding carboxylic acids is 3. The Morgan fingerprint density at radius 3 is 2.44 bits per heavy atom. The number of Topliss-reactive ketones (excluding diaryl/α,β-unsaturated/α-hetero) is 1. The van der Waals surface area contributed by atoms with E-state index in [-0.39, 0.29) is 12.8 Å². The monoisotopic (exact) mass is 512 g/mol. The molecule has 4 aliphatic carbocycles. The van der Waals surface area contributed by atoms with Gasteiger partial charge in [0.05, 0.1) is 17.6 Å². The minimum atomic E-state index is -3.51. The Morgan fingerprint density at radius 2 is 1.81 bits per heavy atom. The zero-order valence-electron chi connectivity index (χ0n) is 20.9. The number of allylic oxidation sites excluding steroid dienone is 4. The number of aliphatic hydroxyl groups is 1. The summed E-state index contributed by atoms with van der Waals surface area (Å²) >= 11 is 0. The Kier molecular flexibility index (Phi) is 5.18. The Hall–Kier alpha value is -2.04. The van der Waals surface area contributed by atoms with E-state index in [0.717, 1.165) is 25.2 Å². The van der Waals surface area contributed by atoms with Crippen molar-refractivity contribution in [2.75, 3.05) is 6.61 Å². The van der Waals surface area contributed by atoms with E-state index in [4.69, 9.17) is 14.2 Å². The van der Waals surface area contributed by atoms with Gasteiger partial charge in [0.1, 0.15) is 0 Å². The van der Waals surface area contributed by atoms with Crippen LogP contribution in [0.5, 0.6) is 0 Å². The number of ketones is 2. The molecule has 1 aliphatic heterocycles. The third-order valence-corrected chi connectivity index (χ3v) is 9.46. The number of carbonyl (C=O) groups is 3. The molecular formula is C26H31F3O7. The molecule has 0 unspecified atom stereocenters. The minimum Gasteiger partial charge on any atom is -0.458 e. The normalized spacial score (nSPS) is 47.8. The first-order valence-electron chi connectivity index (χ1n) is 12.2. The number of esters is 1. The van der Waals surface area contributed by atoms with Gasteiger partial charge >= 0.3 is 5.97 Å². The molecule has 0 amide bonds. The van der Waals surface area contributed by atoms with Crippen molar-refractivity contribution < 1.29 is 46.9 Å². The van der Waals surface area contributed by atoms with Crippen LogP contribution in [0.15, 0.2) is 23.8 Å². The van der Waals surface area contributed by atoms with Crippen LogP contribution < -0.4 is 0 Å². The molecule has 0 aromatic rings. The van der Waals surface area contributed by atoms with E-state index in [0.29, 0.717) is 0 Å². The smallest absolute Gasteiger partial charge is 0.303 e. The van der Waals surface area contributed by atoms with Crippen molar-refractivity contribution in [3.63, 3.8) is 0 Å². The van der Waals surface area contributed by atoms with Crippen LogP contribution in [-0.2, 0) is 28.6 Å². The van der Waals surface area contributed by atoms with Crippen LogP contribution >= 0.6 is 0 Å². The number of hydrogen-bond acceptors (Lipinski definition) is 7. The highest BCUT2D eigenvalue weighted by Crippen LogP contribution is 2.73. The molecule has 5 aliphatic rings. The largest absolute Gasteiger partial charge is 0.458 e. The average Bonchev–Trinajstić information content (AvgIpc) is 3.16. The van der Waals surface area contributed by atoms with Crippen molar-refractivity contribution in [3.05, 3.63) is 23.8 Å². The molecule has 1 N–H and O–H groups in total. The van der Waals surface area contributed by atoms with Gasteiger partial charge in [0, 0.05) is 30.3 Å². The summed E-state index contributed by atoms with van der Waals surface area (Å²) < 4.78 is 65.7. The summed E-state index contributed by atoms with van der Waals surface area (Å²) in [4.78, 5) is 37.0.